The van der Waals surface area contributed by atoms with Crippen LogP contribution in [0.3, 0.4) is 0 Å². The molecule has 0 amide bonds. The number of hydrogen-bond acceptors (Lipinski definition) is 12. The van der Waals surface area contributed by atoms with Gasteiger partial charge in [0.15, 0.2) is 19.7 Å². The van der Waals surface area contributed by atoms with Crippen LogP contribution in [-0.2, 0) is 57.1 Å². The van der Waals surface area contributed by atoms with Gasteiger partial charge in [0.1, 0.15) is 31.7 Å². The molecular weight excluding hydrogens is 396 g/mol. The smallest absolute Gasteiger partial charge is 0.304 e. The molecule has 0 aliphatic carbocycles. The second kappa shape index (κ2) is 13.0. The van der Waals surface area contributed by atoms with Gasteiger partial charge in [-0.15, -0.1) is 0 Å². The van der Waals surface area contributed by atoms with E-state index >= 15 is 0 Å². The van der Waals surface area contributed by atoms with Crippen molar-refractivity contribution < 1.29 is 57.1 Å². The first-order valence-corrected chi connectivity index (χ1v) is 8.70. The molecule has 0 bridgehead atoms. The molecule has 1 fully saturated rings. The predicted molar refractivity (Wildman–Crippen MR) is 90.9 cm³/mol. The van der Waals surface area contributed by atoms with E-state index in [1.54, 1.807) is 0 Å². The summed E-state index contributed by atoms with van der Waals surface area (Å²) in [5.74, 6) is -2.26. The van der Waals surface area contributed by atoms with Crippen molar-refractivity contribution in [1.29, 1.82) is 0 Å². The van der Waals surface area contributed by atoms with Crippen LogP contribution in [0.2, 0.25) is 0 Å². The van der Waals surface area contributed by atoms with Gasteiger partial charge in [-0.25, -0.2) is 0 Å². The lowest BCUT2D eigenvalue weighted by Crippen LogP contribution is -2.56. The molecule has 0 saturated carbocycles. The van der Waals surface area contributed by atoms with Crippen LogP contribution in [-0.4, -0.2) is 81.9 Å². The van der Waals surface area contributed by atoms with E-state index in [0.717, 1.165) is 0 Å². The van der Waals surface area contributed by atoms with Gasteiger partial charge in [0.05, 0.1) is 6.61 Å². The molecule has 0 radical (unpaired) electrons. The third kappa shape index (κ3) is 10.2. The number of hydrogen-bond donors (Lipinski definition) is 0. The molecule has 1 saturated heterocycles. The van der Waals surface area contributed by atoms with Gasteiger partial charge in [-0.1, -0.05) is 0 Å². The average molecular weight is 422 g/mol. The van der Waals surface area contributed by atoms with E-state index in [0.29, 0.717) is 0 Å². The first-order chi connectivity index (χ1) is 13.7. The first-order valence-electron chi connectivity index (χ1n) is 8.70. The Kier molecular flexibility index (Phi) is 11.1. The summed E-state index contributed by atoms with van der Waals surface area (Å²) in [6.45, 7) is 3.51. The Morgan fingerprint density at radius 1 is 0.862 bits per heavy atom. The highest BCUT2D eigenvalue weighted by molar-refractivity contribution is 5.66. The molecule has 0 N–H and O–H groups in total. The highest BCUT2D eigenvalue weighted by Crippen LogP contribution is 2.23. The second-order valence-corrected chi connectivity index (χ2v) is 5.91. The highest BCUT2D eigenvalue weighted by atomic mass is 16.7. The van der Waals surface area contributed by atoms with Crippen LogP contribution in [0.5, 0.6) is 0 Å². The zero-order valence-electron chi connectivity index (χ0n) is 16.7. The van der Waals surface area contributed by atoms with Crippen molar-refractivity contribution in [3.63, 3.8) is 0 Å². The Morgan fingerprint density at radius 3 is 2.07 bits per heavy atom. The summed E-state index contributed by atoms with van der Waals surface area (Å²) in [5.41, 5.74) is 0. The van der Waals surface area contributed by atoms with Gasteiger partial charge in [0.2, 0.25) is 0 Å². The Morgan fingerprint density at radius 2 is 1.48 bits per heavy atom. The average Bonchev–Trinajstić information content (AvgIpc) is 2.62. The van der Waals surface area contributed by atoms with E-state index in [-0.39, 0.29) is 26.8 Å². The summed E-state index contributed by atoms with van der Waals surface area (Å²) in [5, 5.41) is 0. The minimum Gasteiger partial charge on any atom is -0.463 e. The quantitative estimate of drug-likeness (QED) is 0.186. The zero-order valence-corrected chi connectivity index (χ0v) is 16.7. The molecule has 0 spiro atoms. The third-order valence-electron chi connectivity index (χ3n) is 3.52. The Balaban J connectivity index is 2.88. The standard InChI is InChI=1S/C17H26O12/c1-10(18)23-6-14-16(27-8-25-12(3)20)17(28-9-26-14)15(29-13(4)21)5-22-7-24-11(2)19/h14-17H,5-9H2,1-4H3/t14-,15+,16+,17+/m0/s1. The molecule has 29 heavy (non-hydrogen) atoms. The van der Waals surface area contributed by atoms with Crippen LogP contribution in [0.25, 0.3) is 0 Å². The van der Waals surface area contributed by atoms with Crippen LogP contribution >= 0.6 is 0 Å². The minimum atomic E-state index is -0.978. The lowest BCUT2D eigenvalue weighted by Gasteiger charge is -2.40. The molecule has 166 valence electrons. The molecule has 12 heteroatoms. The molecule has 0 aromatic carbocycles. The zero-order chi connectivity index (χ0) is 21.8. The van der Waals surface area contributed by atoms with Gasteiger partial charge >= 0.3 is 23.9 Å². The molecule has 4 atom stereocenters. The molecule has 1 aliphatic heterocycles. The molecule has 0 aromatic heterocycles. The Labute approximate surface area is 167 Å². The summed E-state index contributed by atoms with van der Waals surface area (Å²) in [7, 11) is 0. The number of carbonyl (C=O) groups is 4. The minimum absolute atomic E-state index is 0.166. The molecule has 1 rings (SSSR count). The molecule has 1 aliphatic rings. The normalized spacial score (nSPS) is 22.3. The first kappa shape index (κ1) is 24.8. The maximum Gasteiger partial charge on any atom is 0.304 e. The summed E-state index contributed by atoms with van der Waals surface area (Å²) >= 11 is 0. The SMILES string of the molecule is CC(=O)OCOC[C@@H](OC(C)=O)[C@H]1OCO[C@@H](COC(C)=O)[C@H]1OCOC(C)=O. The topological polar surface area (TPSA) is 142 Å². The van der Waals surface area contributed by atoms with E-state index < -0.39 is 55.1 Å². The maximum atomic E-state index is 11.5. The van der Waals surface area contributed by atoms with E-state index in [2.05, 4.69) is 4.74 Å². The van der Waals surface area contributed by atoms with Crippen LogP contribution < -0.4 is 0 Å². The molecular formula is C17H26O12. The summed E-state index contributed by atoms with van der Waals surface area (Å²) in [4.78, 5) is 44.5. The van der Waals surface area contributed by atoms with E-state index in [1.165, 1.54) is 27.7 Å². The fourth-order valence-electron chi connectivity index (χ4n) is 2.36. The maximum absolute atomic E-state index is 11.5. The lowest BCUT2D eigenvalue weighted by molar-refractivity contribution is -0.286. The van der Waals surface area contributed by atoms with Gasteiger partial charge < -0.3 is 37.9 Å². The summed E-state index contributed by atoms with van der Waals surface area (Å²) in [6, 6.07) is 0. The summed E-state index contributed by atoms with van der Waals surface area (Å²) in [6.07, 6.45) is -3.63. The van der Waals surface area contributed by atoms with Gasteiger partial charge in [-0.05, 0) is 0 Å². The molecule has 0 aromatic rings. The van der Waals surface area contributed by atoms with Crippen LogP contribution in [0.1, 0.15) is 27.7 Å². The Hall–Kier alpha value is -2.28. The molecule has 0 unspecified atom stereocenters. The number of carbonyl (C=O) groups excluding carboxylic acids is 4. The monoisotopic (exact) mass is 422 g/mol. The fourth-order valence-corrected chi connectivity index (χ4v) is 2.36. The number of ether oxygens (including phenoxy) is 8. The van der Waals surface area contributed by atoms with Gasteiger partial charge in [-0.2, -0.15) is 0 Å². The summed E-state index contributed by atoms with van der Waals surface area (Å²) < 4.78 is 41.4. The van der Waals surface area contributed by atoms with E-state index in [4.69, 9.17) is 33.2 Å². The van der Waals surface area contributed by atoms with Gasteiger partial charge in [0, 0.05) is 27.7 Å². The van der Waals surface area contributed by atoms with Crippen molar-refractivity contribution in [3.05, 3.63) is 0 Å². The van der Waals surface area contributed by atoms with Crippen molar-refractivity contribution in [2.24, 2.45) is 0 Å². The van der Waals surface area contributed by atoms with Crippen molar-refractivity contribution in [2.75, 3.05) is 33.6 Å². The largest absolute Gasteiger partial charge is 0.463 e. The number of esters is 4. The highest BCUT2D eigenvalue weighted by Gasteiger charge is 2.43. The van der Waals surface area contributed by atoms with E-state index in [1.807, 2.05) is 0 Å². The van der Waals surface area contributed by atoms with E-state index in [9.17, 15) is 19.2 Å². The van der Waals surface area contributed by atoms with Crippen molar-refractivity contribution in [3.8, 4) is 0 Å². The molecule has 1 heterocycles. The van der Waals surface area contributed by atoms with Crippen LogP contribution in [0.4, 0.5) is 0 Å². The van der Waals surface area contributed by atoms with Crippen molar-refractivity contribution >= 4 is 23.9 Å². The second-order valence-electron chi connectivity index (χ2n) is 5.91. The number of rotatable bonds is 11. The van der Waals surface area contributed by atoms with Crippen molar-refractivity contribution in [1.82, 2.24) is 0 Å². The molecule has 12 nitrogen and oxygen atoms in total. The van der Waals surface area contributed by atoms with Gasteiger partial charge in [0.25, 0.3) is 0 Å². The van der Waals surface area contributed by atoms with Crippen molar-refractivity contribution in [2.45, 2.75) is 52.1 Å². The Bertz CT molecular complexity index is 563. The fraction of sp³-hybridized carbons (Fsp3) is 0.765. The lowest BCUT2D eigenvalue weighted by atomic mass is 10.0. The van der Waals surface area contributed by atoms with Crippen LogP contribution in [0.15, 0.2) is 0 Å². The predicted octanol–water partition coefficient (Wildman–Crippen LogP) is -0.334. The van der Waals surface area contributed by atoms with Gasteiger partial charge in [-0.3, -0.25) is 19.2 Å². The third-order valence-corrected chi connectivity index (χ3v) is 3.52. The van der Waals surface area contributed by atoms with Crippen LogP contribution in [0, 0.1) is 0 Å².